The number of methoxy groups -OCH3 is 1. The van der Waals surface area contributed by atoms with Crippen molar-refractivity contribution in [3.8, 4) is 5.75 Å². The molecule has 0 saturated carbocycles. The highest BCUT2D eigenvalue weighted by atomic mass is 16.5. The Bertz CT molecular complexity index is 534. The molecule has 0 spiro atoms. The Hall–Kier alpha value is -1.78. The van der Waals surface area contributed by atoms with Crippen molar-refractivity contribution in [2.45, 2.75) is 26.7 Å². The molecule has 0 unspecified atom stereocenters. The molecule has 4 nitrogen and oxygen atoms in total. The molecule has 1 aromatic carbocycles. The predicted molar refractivity (Wildman–Crippen MR) is 72.8 cm³/mol. The number of rotatable bonds is 6. The molecular weight excluding hydrogens is 242 g/mol. The molecule has 2 N–H and O–H groups in total. The first kappa shape index (κ1) is 13.6. The van der Waals surface area contributed by atoms with Crippen LogP contribution < -0.4 is 10.5 Å². The van der Waals surface area contributed by atoms with Crippen LogP contribution in [0.3, 0.4) is 0 Å². The lowest BCUT2D eigenvalue weighted by atomic mass is 10.2. The van der Waals surface area contributed by atoms with Crippen LogP contribution in [-0.4, -0.2) is 7.11 Å². The van der Waals surface area contributed by atoms with Crippen molar-refractivity contribution in [3.63, 3.8) is 0 Å². The molecule has 1 aromatic heterocycles. The molecule has 0 amide bonds. The first-order valence-corrected chi connectivity index (χ1v) is 6.22. The number of hydrogen-bond acceptors (Lipinski definition) is 4. The van der Waals surface area contributed by atoms with Gasteiger partial charge in [-0.15, -0.1) is 0 Å². The third-order valence-corrected chi connectivity index (χ3v) is 2.85. The Morgan fingerprint density at radius 1 is 1.21 bits per heavy atom. The van der Waals surface area contributed by atoms with Gasteiger partial charge in [-0.05, 0) is 36.2 Å². The van der Waals surface area contributed by atoms with Crippen LogP contribution in [0.25, 0.3) is 0 Å². The van der Waals surface area contributed by atoms with Gasteiger partial charge in [-0.1, -0.05) is 12.1 Å². The Morgan fingerprint density at radius 3 is 2.74 bits per heavy atom. The lowest BCUT2D eigenvalue weighted by Crippen LogP contribution is -1.96. The third-order valence-electron chi connectivity index (χ3n) is 2.85. The normalized spacial score (nSPS) is 10.7. The van der Waals surface area contributed by atoms with Crippen LogP contribution in [0.5, 0.6) is 5.75 Å². The molecular formula is C15H19NO3. The highest BCUT2D eigenvalue weighted by Crippen LogP contribution is 2.18. The maximum atomic E-state index is 5.70. The summed E-state index contributed by atoms with van der Waals surface area (Å²) in [6.07, 6.45) is 0. The van der Waals surface area contributed by atoms with Gasteiger partial charge in [0.2, 0.25) is 0 Å². The second-order valence-electron chi connectivity index (χ2n) is 4.39. The minimum Gasteiger partial charge on any atom is -0.486 e. The second kappa shape index (κ2) is 6.41. The quantitative estimate of drug-likeness (QED) is 0.868. The van der Waals surface area contributed by atoms with Crippen LogP contribution >= 0.6 is 0 Å². The molecule has 2 rings (SSSR count). The zero-order valence-corrected chi connectivity index (χ0v) is 11.3. The molecule has 0 fully saturated rings. The number of benzene rings is 1. The van der Waals surface area contributed by atoms with Crippen LogP contribution in [0, 0.1) is 6.92 Å². The van der Waals surface area contributed by atoms with E-state index in [0.717, 1.165) is 28.4 Å². The third kappa shape index (κ3) is 3.59. The Morgan fingerprint density at radius 2 is 2.05 bits per heavy atom. The predicted octanol–water partition coefficient (Wildman–Crippen LogP) is 2.77. The second-order valence-corrected chi connectivity index (χ2v) is 4.39. The number of nitrogens with two attached hydrogens (primary N) is 1. The lowest BCUT2D eigenvalue weighted by molar-refractivity contribution is 0.184. The molecule has 0 aliphatic carbocycles. The molecule has 1 heterocycles. The fraction of sp³-hybridized carbons (Fsp3) is 0.333. The van der Waals surface area contributed by atoms with E-state index >= 15 is 0 Å². The van der Waals surface area contributed by atoms with Gasteiger partial charge in [0.25, 0.3) is 0 Å². The maximum absolute atomic E-state index is 5.70. The van der Waals surface area contributed by atoms with Crippen LogP contribution in [-0.2, 0) is 24.5 Å². The summed E-state index contributed by atoms with van der Waals surface area (Å²) >= 11 is 0. The van der Waals surface area contributed by atoms with Crippen molar-refractivity contribution in [3.05, 3.63) is 53.0 Å². The molecule has 0 bridgehead atoms. The lowest BCUT2D eigenvalue weighted by Gasteiger charge is -2.06. The standard InChI is InChI=1S/C15H19NO3/c1-11-6-14(19-15(11)8-16)10-18-13-5-3-4-12(7-13)9-17-2/h3-7H,8-10,16H2,1-2H3. The van der Waals surface area contributed by atoms with Gasteiger partial charge >= 0.3 is 0 Å². The summed E-state index contributed by atoms with van der Waals surface area (Å²) in [5, 5.41) is 0. The molecule has 4 heteroatoms. The highest BCUT2D eigenvalue weighted by Gasteiger charge is 2.06. The van der Waals surface area contributed by atoms with Crippen LogP contribution in [0.4, 0.5) is 0 Å². The van der Waals surface area contributed by atoms with Crippen molar-refractivity contribution < 1.29 is 13.9 Å². The SMILES string of the molecule is COCc1cccc(OCc2cc(C)c(CN)o2)c1. The van der Waals surface area contributed by atoms with Gasteiger partial charge in [0.15, 0.2) is 0 Å². The topological polar surface area (TPSA) is 57.6 Å². The summed E-state index contributed by atoms with van der Waals surface area (Å²) in [4.78, 5) is 0. The van der Waals surface area contributed by atoms with Gasteiger partial charge in [0, 0.05) is 7.11 Å². The largest absolute Gasteiger partial charge is 0.486 e. The van der Waals surface area contributed by atoms with E-state index in [4.69, 9.17) is 19.6 Å². The molecule has 102 valence electrons. The monoisotopic (exact) mass is 261 g/mol. The van der Waals surface area contributed by atoms with E-state index in [0.29, 0.717) is 19.8 Å². The minimum absolute atomic E-state index is 0.400. The number of ether oxygens (including phenoxy) is 2. The highest BCUT2D eigenvalue weighted by molar-refractivity contribution is 5.28. The van der Waals surface area contributed by atoms with Crippen molar-refractivity contribution in [2.75, 3.05) is 7.11 Å². The summed E-state index contributed by atoms with van der Waals surface area (Å²) in [5.74, 6) is 2.40. The molecule has 19 heavy (non-hydrogen) atoms. The van der Waals surface area contributed by atoms with E-state index in [1.54, 1.807) is 7.11 Å². The van der Waals surface area contributed by atoms with Crippen LogP contribution in [0.1, 0.15) is 22.6 Å². The summed E-state index contributed by atoms with van der Waals surface area (Å²) in [7, 11) is 1.67. The zero-order valence-electron chi connectivity index (χ0n) is 11.3. The van der Waals surface area contributed by atoms with Gasteiger partial charge < -0.3 is 19.6 Å². The van der Waals surface area contributed by atoms with E-state index in [2.05, 4.69) is 0 Å². The van der Waals surface area contributed by atoms with Crippen molar-refractivity contribution in [2.24, 2.45) is 5.73 Å². The number of furan rings is 1. The van der Waals surface area contributed by atoms with Gasteiger partial charge in [0.05, 0.1) is 13.2 Å². The average molecular weight is 261 g/mol. The molecule has 0 saturated heterocycles. The van der Waals surface area contributed by atoms with E-state index in [1.165, 1.54) is 0 Å². The summed E-state index contributed by atoms with van der Waals surface area (Å²) in [5.41, 5.74) is 7.72. The van der Waals surface area contributed by atoms with Crippen LogP contribution in [0.15, 0.2) is 34.7 Å². The van der Waals surface area contributed by atoms with Gasteiger partial charge in [0.1, 0.15) is 23.9 Å². The van der Waals surface area contributed by atoms with E-state index < -0.39 is 0 Å². The van der Waals surface area contributed by atoms with Crippen molar-refractivity contribution in [1.82, 2.24) is 0 Å². The van der Waals surface area contributed by atoms with Gasteiger partial charge in [-0.2, -0.15) is 0 Å². The zero-order chi connectivity index (χ0) is 13.7. The number of aryl methyl sites for hydroxylation is 1. The van der Waals surface area contributed by atoms with Gasteiger partial charge in [-0.25, -0.2) is 0 Å². The fourth-order valence-corrected chi connectivity index (χ4v) is 1.91. The molecule has 0 atom stereocenters. The molecule has 0 aliphatic rings. The fourth-order valence-electron chi connectivity index (χ4n) is 1.91. The number of hydrogen-bond donors (Lipinski definition) is 1. The Balaban J connectivity index is 1.99. The maximum Gasteiger partial charge on any atom is 0.146 e. The first-order valence-electron chi connectivity index (χ1n) is 6.22. The van der Waals surface area contributed by atoms with Crippen molar-refractivity contribution >= 4 is 0 Å². The van der Waals surface area contributed by atoms with Crippen molar-refractivity contribution in [1.29, 1.82) is 0 Å². The summed E-state index contributed by atoms with van der Waals surface area (Å²) < 4.78 is 16.4. The molecule has 0 radical (unpaired) electrons. The summed E-state index contributed by atoms with van der Waals surface area (Å²) in [6, 6.07) is 9.78. The smallest absolute Gasteiger partial charge is 0.146 e. The molecule has 0 aliphatic heterocycles. The van der Waals surface area contributed by atoms with Gasteiger partial charge in [-0.3, -0.25) is 0 Å². The Kier molecular flexibility index (Phi) is 4.60. The average Bonchev–Trinajstić information content (AvgIpc) is 2.78. The minimum atomic E-state index is 0.400. The first-order chi connectivity index (χ1) is 9.22. The summed E-state index contributed by atoms with van der Waals surface area (Å²) in [6.45, 7) is 3.37. The van der Waals surface area contributed by atoms with E-state index in [-0.39, 0.29) is 0 Å². The van der Waals surface area contributed by atoms with E-state index in [1.807, 2.05) is 37.3 Å². The van der Waals surface area contributed by atoms with E-state index in [9.17, 15) is 0 Å². The molecule has 2 aromatic rings. The van der Waals surface area contributed by atoms with Crippen LogP contribution in [0.2, 0.25) is 0 Å². The Labute approximate surface area is 113 Å².